The Morgan fingerprint density at radius 1 is 0.763 bits per heavy atom. The summed E-state index contributed by atoms with van der Waals surface area (Å²) >= 11 is 11.9. The summed E-state index contributed by atoms with van der Waals surface area (Å²) in [6.45, 7) is -0.487. The van der Waals surface area contributed by atoms with E-state index in [9.17, 15) is 19.2 Å². The lowest BCUT2D eigenvalue weighted by Crippen LogP contribution is -2.29. The molecule has 4 aromatic rings. The number of carbonyl (C=O) groups is 4. The Hall–Kier alpha value is -4.46. The van der Waals surface area contributed by atoms with E-state index in [1.54, 1.807) is 66.7 Å². The van der Waals surface area contributed by atoms with Crippen LogP contribution in [-0.4, -0.2) is 30.2 Å². The number of carbonyl (C=O) groups excluding carboxylic acids is 4. The zero-order valence-corrected chi connectivity index (χ0v) is 21.0. The maximum absolute atomic E-state index is 13.3. The molecule has 1 aliphatic heterocycles. The van der Waals surface area contributed by atoms with Crippen molar-refractivity contribution in [3.63, 3.8) is 0 Å². The van der Waals surface area contributed by atoms with Crippen LogP contribution in [0.5, 0.6) is 11.5 Å². The molecule has 1 aliphatic rings. The van der Waals surface area contributed by atoms with E-state index in [0.29, 0.717) is 10.8 Å². The van der Waals surface area contributed by atoms with Crippen LogP contribution >= 0.6 is 23.2 Å². The first-order valence-corrected chi connectivity index (χ1v) is 12.1. The summed E-state index contributed by atoms with van der Waals surface area (Å²) < 4.78 is 11.0. The summed E-state index contributed by atoms with van der Waals surface area (Å²) in [5, 5.41) is 0.799. The van der Waals surface area contributed by atoms with E-state index in [0.717, 1.165) is 4.90 Å². The molecule has 0 N–H and O–H groups in total. The fraction of sp³-hybridized carbons (Fsp3) is 0.0345. The first-order valence-electron chi connectivity index (χ1n) is 11.3. The van der Waals surface area contributed by atoms with Gasteiger partial charge in [-0.25, -0.2) is 9.69 Å². The van der Waals surface area contributed by atoms with Gasteiger partial charge in [0.2, 0.25) is 5.78 Å². The third-order valence-corrected chi connectivity index (χ3v) is 6.37. The van der Waals surface area contributed by atoms with Gasteiger partial charge in [-0.2, -0.15) is 0 Å². The third kappa shape index (κ3) is 4.89. The number of anilines is 1. The van der Waals surface area contributed by atoms with Crippen LogP contribution in [0.2, 0.25) is 10.0 Å². The lowest BCUT2D eigenvalue weighted by molar-refractivity contribution is 0.0475. The van der Waals surface area contributed by atoms with Gasteiger partial charge in [-0.15, -0.1) is 0 Å². The van der Waals surface area contributed by atoms with Crippen molar-refractivity contribution in [2.75, 3.05) is 11.5 Å². The maximum Gasteiger partial charge on any atom is 0.338 e. The number of ether oxygens (including phenoxy) is 2. The zero-order valence-electron chi connectivity index (χ0n) is 19.5. The minimum Gasteiger partial charge on any atom is -0.457 e. The van der Waals surface area contributed by atoms with Crippen molar-refractivity contribution in [1.29, 1.82) is 0 Å². The molecule has 5 rings (SSSR count). The molecule has 7 nitrogen and oxygen atoms in total. The molecule has 2 amide bonds. The molecule has 0 spiro atoms. The Morgan fingerprint density at radius 3 is 2.18 bits per heavy atom. The van der Waals surface area contributed by atoms with Gasteiger partial charge in [0.05, 0.1) is 27.4 Å². The molecule has 0 saturated carbocycles. The molecule has 0 aliphatic carbocycles. The van der Waals surface area contributed by atoms with Gasteiger partial charge < -0.3 is 9.47 Å². The van der Waals surface area contributed by atoms with Gasteiger partial charge in [-0.1, -0.05) is 41.4 Å². The Kier molecular flexibility index (Phi) is 6.96. The van der Waals surface area contributed by atoms with Crippen LogP contribution < -0.4 is 9.64 Å². The predicted octanol–water partition coefficient (Wildman–Crippen LogP) is 6.63. The van der Waals surface area contributed by atoms with E-state index in [1.165, 1.54) is 24.3 Å². The second-order valence-electron chi connectivity index (χ2n) is 8.21. The first kappa shape index (κ1) is 25.2. The minimum absolute atomic E-state index is 0.133. The zero-order chi connectivity index (χ0) is 26.8. The quantitative estimate of drug-likeness (QED) is 0.147. The van der Waals surface area contributed by atoms with Gasteiger partial charge in [0.1, 0.15) is 11.5 Å². The monoisotopic (exact) mass is 545 g/mol. The second-order valence-corrected chi connectivity index (χ2v) is 9.05. The Balaban J connectivity index is 1.30. The highest BCUT2D eigenvalue weighted by Crippen LogP contribution is 2.36. The van der Waals surface area contributed by atoms with Crippen molar-refractivity contribution in [3.8, 4) is 11.5 Å². The SMILES string of the molecule is O=C(OCC(=O)c1ccccc1Cl)c1ccc(N2C(=O)c3cccc(Oc4ccc(Cl)cc4)c3C2=O)cc1. The van der Waals surface area contributed by atoms with Gasteiger partial charge in [0.25, 0.3) is 11.8 Å². The lowest BCUT2D eigenvalue weighted by Gasteiger charge is -2.14. The number of nitrogens with zero attached hydrogens (tertiary/aromatic N) is 1. The summed E-state index contributed by atoms with van der Waals surface area (Å²) in [5.41, 5.74) is 0.987. The van der Waals surface area contributed by atoms with E-state index in [1.807, 2.05) is 0 Å². The molecule has 38 heavy (non-hydrogen) atoms. The van der Waals surface area contributed by atoms with E-state index in [-0.39, 0.29) is 38.7 Å². The van der Waals surface area contributed by atoms with Crippen LogP contribution in [0.4, 0.5) is 5.69 Å². The number of imide groups is 1. The van der Waals surface area contributed by atoms with E-state index < -0.39 is 30.2 Å². The van der Waals surface area contributed by atoms with Gasteiger partial charge in [-0.05, 0) is 72.8 Å². The van der Waals surface area contributed by atoms with Crippen LogP contribution in [0, 0.1) is 0 Å². The number of benzene rings is 4. The molecule has 1 heterocycles. The van der Waals surface area contributed by atoms with E-state index in [4.69, 9.17) is 32.7 Å². The van der Waals surface area contributed by atoms with Crippen LogP contribution in [0.1, 0.15) is 41.4 Å². The fourth-order valence-electron chi connectivity index (χ4n) is 3.93. The summed E-state index contributed by atoms with van der Waals surface area (Å²) in [7, 11) is 0. The highest BCUT2D eigenvalue weighted by atomic mass is 35.5. The smallest absolute Gasteiger partial charge is 0.338 e. The lowest BCUT2D eigenvalue weighted by atomic mass is 10.1. The Bertz CT molecular complexity index is 1580. The molecule has 0 saturated heterocycles. The minimum atomic E-state index is -0.738. The normalized spacial score (nSPS) is 12.3. The van der Waals surface area contributed by atoms with Gasteiger partial charge in [0, 0.05) is 10.6 Å². The summed E-state index contributed by atoms with van der Waals surface area (Å²) in [6, 6.07) is 23.6. The van der Waals surface area contributed by atoms with Crippen molar-refractivity contribution in [2.24, 2.45) is 0 Å². The predicted molar refractivity (Wildman–Crippen MR) is 142 cm³/mol. The number of ketones is 1. The Morgan fingerprint density at radius 2 is 1.47 bits per heavy atom. The van der Waals surface area contributed by atoms with Crippen LogP contribution in [0.15, 0.2) is 91.0 Å². The highest BCUT2D eigenvalue weighted by molar-refractivity contribution is 6.35. The first-order chi connectivity index (χ1) is 18.3. The third-order valence-electron chi connectivity index (χ3n) is 5.79. The topological polar surface area (TPSA) is 90.0 Å². The summed E-state index contributed by atoms with van der Waals surface area (Å²) in [5.74, 6) is -1.57. The molecule has 0 fully saturated rings. The van der Waals surface area contributed by atoms with Gasteiger partial charge >= 0.3 is 5.97 Å². The molecule has 0 radical (unpaired) electrons. The maximum atomic E-state index is 13.3. The van der Waals surface area contributed by atoms with Crippen molar-refractivity contribution in [2.45, 2.75) is 0 Å². The van der Waals surface area contributed by atoms with Gasteiger partial charge in [-0.3, -0.25) is 14.4 Å². The summed E-state index contributed by atoms with van der Waals surface area (Å²) in [4.78, 5) is 52.2. The van der Waals surface area contributed by atoms with Crippen molar-refractivity contribution in [1.82, 2.24) is 0 Å². The molecule has 9 heteroatoms. The average Bonchev–Trinajstić information content (AvgIpc) is 3.19. The molecular weight excluding hydrogens is 529 g/mol. The molecule has 0 unspecified atom stereocenters. The fourth-order valence-corrected chi connectivity index (χ4v) is 4.30. The summed E-state index contributed by atoms with van der Waals surface area (Å²) in [6.07, 6.45) is 0. The number of esters is 1. The van der Waals surface area contributed by atoms with E-state index >= 15 is 0 Å². The molecule has 0 atom stereocenters. The molecule has 4 aromatic carbocycles. The van der Waals surface area contributed by atoms with Crippen LogP contribution in [0.25, 0.3) is 0 Å². The molecular formula is C29H17Cl2NO6. The van der Waals surface area contributed by atoms with Crippen molar-refractivity contribution < 1.29 is 28.7 Å². The highest BCUT2D eigenvalue weighted by Gasteiger charge is 2.39. The number of fused-ring (bicyclic) bond motifs is 1. The number of hydrogen-bond donors (Lipinski definition) is 0. The van der Waals surface area contributed by atoms with Crippen LogP contribution in [-0.2, 0) is 4.74 Å². The largest absolute Gasteiger partial charge is 0.457 e. The number of hydrogen-bond acceptors (Lipinski definition) is 6. The second kappa shape index (κ2) is 10.5. The van der Waals surface area contributed by atoms with Gasteiger partial charge in [0.15, 0.2) is 6.61 Å². The number of amides is 2. The molecule has 188 valence electrons. The number of rotatable bonds is 7. The standard InChI is InChI=1S/C29H17Cl2NO6/c30-18-10-14-20(15-11-18)38-25-7-3-5-22-26(25)28(35)32(27(22)34)19-12-8-17(9-13-19)29(36)37-16-24(33)21-4-1-2-6-23(21)31/h1-15H,16H2. The molecule has 0 bridgehead atoms. The number of Topliss-reactive ketones (excluding diaryl/α,β-unsaturated/α-hetero) is 1. The van der Waals surface area contributed by atoms with Crippen molar-refractivity contribution >= 4 is 52.5 Å². The molecule has 0 aromatic heterocycles. The average molecular weight is 546 g/mol. The van der Waals surface area contributed by atoms with E-state index in [2.05, 4.69) is 0 Å². The van der Waals surface area contributed by atoms with Crippen molar-refractivity contribution in [3.05, 3.63) is 123 Å². The Labute approximate surface area is 227 Å². The number of halogens is 2. The van der Waals surface area contributed by atoms with Crippen LogP contribution in [0.3, 0.4) is 0 Å².